The molecule has 1 unspecified atom stereocenters. The zero-order chi connectivity index (χ0) is 13.8. The number of benzene rings is 1. The van der Waals surface area contributed by atoms with E-state index in [2.05, 4.69) is 21.9 Å². The lowest BCUT2D eigenvalue weighted by Gasteiger charge is -2.20. The number of sulfonamides is 1. The number of hydrogen-bond acceptors (Lipinski definition) is 4. The van der Waals surface area contributed by atoms with Crippen LogP contribution in [0.25, 0.3) is 0 Å². The van der Waals surface area contributed by atoms with E-state index in [9.17, 15) is 8.42 Å². The SMILES string of the molecule is CNS(=O)(=O)c1ccc(NCC(C)N(C)C)cc1. The van der Waals surface area contributed by atoms with Gasteiger partial charge in [-0.1, -0.05) is 0 Å². The molecule has 102 valence electrons. The van der Waals surface area contributed by atoms with Crippen molar-refractivity contribution in [1.29, 1.82) is 0 Å². The summed E-state index contributed by atoms with van der Waals surface area (Å²) in [5.41, 5.74) is 0.916. The second-order valence-corrected chi connectivity index (χ2v) is 6.31. The summed E-state index contributed by atoms with van der Waals surface area (Å²) in [5, 5.41) is 3.27. The Morgan fingerprint density at radius 2 is 1.78 bits per heavy atom. The number of nitrogens with one attached hydrogen (secondary N) is 2. The summed E-state index contributed by atoms with van der Waals surface area (Å²) in [6.07, 6.45) is 0. The van der Waals surface area contributed by atoms with Crippen LogP contribution >= 0.6 is 0 Å². The minimum Gasteiger partial charge on any atom is -0.383 e. The number of likely N-dealkylation sites (N-methyl/N-ethyl adjacent to an activating group) is 1. The summed E-state index contributed by atoms with van der Waals surface area (Å²) in [4.78, 5) is 2.39. The van der Waals surface area contributed by atoms with Gasteiger partial charge in [0.15, 0.2) is 0 Å². The van der Waals surface area contributed by atoms with E-state index in [1.807, 2.05) is 14.1 Å². The van der Waals surface area contributed by atoms with Crippen molar-refractivity contribution in [3.8, 4) is 0 Å². The Kier molecular flexibility index (Phi) is 5.13. The third-order valence-electron chi connectivity index (χ3n) is 2.92. The summed E-state index contributed by atoms with van der Waals surface area (Å²) in [6.45, 7) is 2.93. The Balaban J connectivity index is 2.67. The van der Waals surface area contributed by atoms with Crippen molar-refractivity contribution < 1.29 is 8.42 Å². The van der Waals surface area contributed by atoms with Gasteiger partial charge >= 0.3 is 0 Å². The van der Waals surface area contributed by atoms with Gasteiger partial charge in [0.05, 0.1) is 4.90 Å². The van der Waals surface area contributed by atoms with Gasteiger partial charge in [-0.3, -0.25) is 0 Å². The number of hydrogen-bond donors (Lipinski definition) is 2. The highest BCUT2D eigenvalue weighted by Gasteiger charge is 2.10. The molecule has 1 rings (SSSR count). The van der Waals surface area contributed by atoms with Crippen LogP contribution in [0.2, 0.25) is 0 Å². The van der Waals surface area contributed by atoms with Gasteiger partial charge in [-0.2, -0.15) is 0 Å². The second kappa shape index (κ2) is 6.17. The number of anilines is 1. The van der Waals surface area contributed by atoms with E-state index in [4.69, 9.17) is 0 Å². The average Bonchev–Trinajstić information content (AvgIpc) is 2.36. The molecule has 1 aromatic carbocycles. The first-order valence-electron chi connectivity index (χ1n) is 5.80. The molecule has 0 aliphatic rings. The van der Waals surface area contributed by atoms with Crippen molar-refractivity contribution in [2.75, 3.05) is 33.0 Å². The smallest absolute Gasteiger partial charge is 0.240 e. The maximum absolute atomic E-state index is 11.5. The zero-order valence-electron chi connectivity index (χ0n) is 11.3. The Hall–Kier alpha value is -1.11. The molecule has 1 aromatic rings. The van der Waals surface area contributed by atoms with Gasteiger partial charge in [0.2, 0.25) is 10.0 Å². The van der Waals surface area contributed by atoms with E-state index in [1.165, 1.54) is 7.05 Å². The van der Waals surface area contributed by atoms with E-state index < -0.39 is 10.0 Å². The molecule has 0 radical (unpaired) electrons. The van der Waals surface area contributed by atoms with Gasteiger partial charge in [-0.15, -0.1) is 0 Å². The van der Waals surface area contributed by atoms with E-state index in [0.29, 0.717) is 6.04 Å². The van der Waals surface area contributed by atoms with E-state index >= 15 is 0 Å². The lowest BCUT2D eigenvalue weighted by atomic mass is 10.3. The van der Waals surface area contributed by atoms with E-state index in [-0.39, 0.29) is 4.90 Å². The van der Waals surface area contributed by atoms with Crippen LogP contribution in [0, 0.1) is 0 Å². The maximum atomic E-state index is 11.5. The Bertz CT molecular complexity index is 469. The van der Waals surface area contributed by atoms with Crippen molar-refractivity contribution in [3.05, 3.63) is 24.3 Å². The molecule has 2 N–H and O–H groups in total. The van der Waals surface area contributed by atoms with Gasteiger partial charge in [0, 0.05) is 18.3 Å². The molecule has 0 aliphatic carbocycles. The predicted octanol–water partition coefficient (Wildman–Crippen LogP) is 0.957. The van der Waals surface area contributed by atoms with Crippen LogP contribution in [-0.4, -0.2) is 47.0 Å². The number of nitrogens with zero attached hydrogens (tertiary/aromatic N) is 1. The van der Waals surface area contributed by atoms with Gasteiger partial charge in [0.1, 0.15) is 0 Å². The van der Waals surface area contributed by atoms with Crippen molar-refractivity contribution in [2.24, 2.45) is 0 Å². The quantitative estimate of drug-likeness (QED) is 0.809. The first-order valence-corrected chi connectivity index (χ1v) is 7.29. The first kappa shape index (κ1) is 14.9. The molecule has 0 fully saturated rings. The van der Waals surface area contributed by atoms with Gasteiger partial charge in [-0.25, -0.2) is 13.1 Å². The summed E-state index contributed by atoms with van der Waals surface area (Å²) >= 11 is 0. The van der Waals surface area contributed by atoms with Crippen LogP contribution in [0.5, 0.6) is 0 Å². The van der Waals surface area contributed by atoms with Crippen molar-refractivity contribution in [2.45, 2.75) is 17.9 Å². The van der Waals surface area contributed by atoms with E-state index in [0.717, 1.165) is 12.2 Å². The second-order valence-electron chi connectivity index (χ2n) is 4.43. The molecule has 0 aliphatic heterocycles. The minimum atomic E-state index is -3.35. The highest BCUT2D eigenvalue weighted by Crippen LogP contribution is 2.13. The molecule has 1 atom stereocenters. The fourth-order valence-corrected chi connectivity index (χ4v) is 2.05. The predicted molar refractivity (Wildman–Crippen MR) is 74.3 cm³/mol. The molecule has 0 bridgehead atoms. The Morgan fingerprint density at radius 3 is 2.22 bits per heavy atom. The zero-order valence-corrected chi connectivity index (χ0v) is 12.1. The minimum absolute atomic E-state index is 0.274. The highest BCUT2D eigenvalue weighted by atomic mass is 32.2. The summed E-state index contributed by atoms with van der Waals surface area (Å²) < 4.78 is 25.3. The summed E-state index contributed by atoms with van der Waals surface area (Å²) in [5.74, 6) is 0. The molecular formula is C12H21N3O2S. The van der Waals surface area contributed by atoms with Crippen LogP contribution in [0.15, 0.2) is 29.2 Å². The van der Waals surface area contributed by atoms with Crippen molar-refractivity contribution in [1.82, 2.24) is 9.62 Å². The first-order chi connectivity index (χ1) is 8.36. The van der Waals surface area contributed by atoms with Crippen LogP contribution in [-0.2, 0) is 10.0 Å². The van der Waals surface area contributed by atoms with Crippen LogP contribution < -0.4 is 10.0 Å². The lowest BCUT2D eigenvalue weighted by molar-refractivity contribution is 0.326. The van der Waals surface area contributed by atoms with Crippen LogP contribution in [0.4, 0.5) is 5.69 Å². The normalized spacial score (nSPS) is 13.6. The third kappa shape index (κ3) is 3.97. The average molecular weight is 271 g/mol. The monoisotopic (exact) mass is 271 g/mol. The molecule has 0 spiro atoms. The molecule has 18 heavy (non-hydrogen) atoms. The molecule has 0 saturated heterocycles. The van der Waals surface area contributed by atoms with Gasteiger partial charge < -0.3 is 10.2 Å². The Labute approximate surface area is 109 Å². The summed E-state index contributed by atoms with van der Waals surface area (Å²) in [6, 6.07) is 7.13. The molecule has 0 amide bonds. The molecule has 6 heteroatoms. The number of rotatable bonds is 6. The van der Waals surface area contributed by atoms with Gasteiger partial charge in [0.25, 0.3) is 0 Å². The molecule has 0 saturated carbocycles. The Morgan fingerprint density at radius 1 is 1.22 bits per heavy atom. The fraction of sp³-hybridized carbons (Fsp3) is 0.500. The van der Waals surface area contributed by atoms with Gasteiger partial charge in [-0.05, 0) is 52.3 Å². The van der Waals surface area contributed by atoms with Crippen molar-refractivity contribution >= 4 is 15.7 Å². The topological polar surface area (TPSA) is 61.4 Å². The molecular weight excluding hydrogens is 250 g/mol. The van der Waals surface area contributed by atoms with Crippen molar-refractivity contribution in [3.63, 3.8) is 0 Å². The standard InChI is InChI=1S/C12H21N3O2S/c1-10(15(3)4)9-14-11-5-7-12(8-6-11)18(16,17)13-2/h5-8,10,13-14H,9H2,1-4H3. The largest absolute Gasteiger partial charge is 0.383 e. The van der Waals surface area contributed by atoms with E-state index in [1.54, 1.807) is 24.3 Å². The molecule has 0 heterocycles. The third-order valence-corrected chi connectivity index (χ3v) is 4.35. The van der Waals surface area contributed by atoms with Crippen LogP contribution in [0.1, 0.15) is 6.92 Å². The molecule has 0 aromatic heterocycles. The fourth-order valence-electron chi connectivity index (χ4n) is 1.32. The maximum Gasteiger partial charge on any atom is 0.240 e. The molecule has 5 nitrogen and oxygen atoms in total. The highest BCUT2D eigenvalue weighted by molar-refractivity contribution is 7.89. The summed E-state index contributed by atoms with van der Waals surface area (Å²) in [7, 11) is 2.10. The van der Waals surface area contributed by atoms with Crippen LogP contribution in [0.3, 0.4) is 0 Å². The lowest BCUT2D eigenvalue weighted by Crippen LogP contribution is -2.31.